The summed E-state index contributed by atoms with van der Waals surface area (Å²) >= 11 is 0. The number of hydrogen-bond acceptors (Lipinski definition) is 2. The van der Waals surface area contributed by atoms with Gasteiger partial charge < -0.3 is 5.32 Å². The zero-order chi connectivity index (χ0) is 7.23. The molecule has 1 aliphatic rings. The first-order valence-electron chi connectivity index (χ1n) is 3.56. The third kappa shape index (κ3) is 2.20. The van der Waals surface area contributed by atoms with Gasteiger partial charge in [0.25, 0.3) is 0 Å². The molecule has 0 bridgehead atoms. The van der Waals surface area contributed by atoms with Gasteiger partial charge in [-0.05, 0) is 31.3 Å². The molecule has 0 radical (unpaired) electrons. The van der Waals surface area contributed by atoms with Gasteiger partial charge in [0, 0.05) is 6.42 Å². The fourth-order valence-electron chi connectivity index (χ4n) is 1.13. The Morgan fingerprint density at radius 3 is 3.20 bits per heavy atom. The summed E-state index contributed by atoms with van der Waals surface area (Å²) in [6.07, 6.45) is 2.72. The molecule has 2 heteroatoms. The van der Waals surface area contributed by atoms with Crippen molar-refractivity contribution in [3.8, 4) is 11.8 Å². The van der Waals surface area contributed by atoms with Crippen LogP contribution in [0.1, 0.15) is 12.8 Å². The highest BCUT2D eigenvalue weighted by molar-refractivity contribution is 5.72. The first-order valence-corrected chi connectivity index (χ1v) is 3.56. The molecule has 1 aliphatic heterocycles. The van der Waals surface area contributed by atoms with Gasteiger partial charge in [0.2, 0.25) is 0 Å². The molecule has 0 saturated carbocycles. The Morgan fingerprint density at radius 2 is 2.60 bits per heavy atom. The minimum absolute atomic E-state index is 0.655. The van der Waals surface area contributed by atoms with Gasteiger partial charge in [-0.25, -0.2) is 0 Å². The van der Waals surface area contributed by atoms with Crippen molar-refractivity contribution in [1.82, 2.24) is 5.32 Å². The zero-order valence-electron chi connectivity index (χ0n) is 5.89. The highest BCUT2D eigenvalue weighted by Crippen LogP contribution is 2.10. The van der Waals surface area contributed by atoms with Gasteiger partial charge in [0.05, 0.1) is 0 Å². The Labute approximate surface area is 61.0 Å². The molecule has 1 unspecified atom stereocenters. The van der Waals surface area contributed by atoms with E-state index in [9.17, 15) is 4.79 Å². The Kier molecular flexibility index (Phi) is 2.98. The molecule has 1 rings (SSSR count). The maximum absolute atomic E-state index is 9.79. The van der Waals surface area contributed by atoms with Crippen LogP contribution in [-0.2, 0) is 4.79 Å². The number of carbonyl (C=O) groups is 1. The summed E-state index contributed by atoms with van der Waals surface area (Å²) in [5, 5.41) is 3.24. The van der Waals surface area contributed by atoms with E-state index in [1.165, 1.54) is 6.42 Å². The summed E-state index contributed by atoms with van der Waals surface area (Å²) in [4.78, 5) is 9.79. The van der Waals surface area contributed by atoms with Crippen molar-refractivity contribution in [2.75, 3.05) is 13.1 Å². The van der Waals surface area contributed by atoms with Crippen LogP contribution in [0.2, 0.25) is 0 Å². The van der Waals surface area contributed by atoms with Crippen molar-refractivity contribution in [3.05, 3.63) is 0 Å². The van der Waals surface area contributed by atoms with Gasteiger partial charge in [0.1, 0.15) is 0 Å². The van der Waals surface area contributed by atoms with Gasteiger partial charge in [-0.1, -0.05) is 5.92 Å². The second-order valence-electron chi connectivity index (χ2n) is 2.50. The molecule has 10 heavy (non-hydrogen) atoms. The summed E-state index contributed by atoms with van der Waals surface area (Å²) in [6.45, 7) is 2.17. The average Bonchev–Trinajstić information content (AvgIpc) is 2.41. The average molecular weight is 137 g/mol. The third-order valence-electron chi connectivity index (χ3n) is 1.71. The fraction of sp³-hybridized carbons (Fsp3) is 0.625. The van der Waals surface area contributed by atoms with Crippen LogP contribution in [0.25, 0.3) is 0 Å². The first kappa shape index (κ1) is 7.30. The van der Waals surface area contributed by atoms with Crippen LogP contribution in [0.5, 0.6) is 0 Å². The lowest BCUT2D eigenvalue weighted by Crippen LogP contribution is -2.08. The van der Waals surface area contributed by atoms with Crippen molar-refractivity contribution in [1.29, 1.82) is 0 Å². The maximum Gasteiger partial charge on any atom is 0.192 e. The molecular weight excluding hydrogens is 126 g/mol. The predicted molar refractivity (Wildman–Crippen MR) is 39.4 cm³/mol. The molecule has 1 heterocycles. The summed E-state index contributed by atoms with van der Waals surface area (Å²) in [6, 6.07) is 0. The van der Waals surface area contributed by atoms with E-state index in [1.54, 1.807) is 0 Å². The van der Waals surface area contributed by atoms with E-state index in [-0.39, 0.29) is 0 Å². The van der Waals surface area contributed by atoms with Gasteiger partial charge in [-0.15, -0.1) is 0 Å². The van der Waals surface area contributed by atoms with Crippen molar-refractivity contribution in [3.63, 3.8) is 0 Å². The molecule has 0 aromatic rings. The van der Waals surface area contributed by atoms with Crippen LogP contribution < -0.4 is 5.32 Å². The smallest absolute Gasteiger partial charge is 0.192 e. The van der Waals surface area contributed by atoms with Crippen LogP contribution in [-0.4, -0.2) is 19.4 Å². The van der Waals surface area contributed by atoms with E-state index in [0.29, 0.717) is 12.2 Å². The van der Waals surface area contributed by atoms with Crippen LogP contribution in [0.3, 0.4) is 0 Å². The van der Waals surface area contributed by atoms with E-state index in [1.807, 2.05) is 0 Å². The van der Waals surface area contributed by atoms with E-state index in [4.69, 9.17) is 0 Å². The maximum atomic E-state index is 9.79. The van der Waals surface area contributed by atoms with Crippen molar-refractivity contribution in [2.45, 2.75) is 12.8 Å². The summed E-state index contributed by atoms with van der Waals surface area (Å²) in [5.74, 6) is 5.91. The number of hydrogen-bond donors (Lipinski definition) is 1. The van der Waals surface area contributed by atoms with Gasteiger partial charge in [-0.2, -0.15) is 0 Å². The quantitative estimate of drug-likeness (QED) is 0.413. The minimum Gasteiger partial charge on any atom is -0.316 e. The van der Waals surface area contributed by atoms with Crippen molar-refractivity contribution >= 4 is 6.29 Å². The second kappa shape index (κ2) is 4.08. The monoisotopic (exact) mass is 137 g/mol. The van der Waals surface area contributed by atoms with Crippen LogP contribution in [0.4, 0.5) is 0 Å². The minimum atomic E-state index is 0.655. The largest absolute Gasteiger partial charge is 0.316 e. The van der Waals surface area contributed by atoms with Crippen LogP contribution >= 0.6 is 0 Å². The van der Waals surface area contributed by atoms with E-state index in [0.717, 1.165) is 19.5 Å². The van der Waals surface area contributed by atoms with E-state index in [2.05, 4.69) is 17.2 Å². The molecule has 0 aromatic heterocycles. The molecule has 1 N–H and O–H groups in total. The molecule has 1 atom stereocenters. The second-order valence-corrected chi connectivity index (χ2v) is 2.50. The number of rotatable bonds is 1. The Balaban J connectivity index is 2.18. The SMILES string of the molecule is O=CC#CCC1CCNC1. The first-order chi connectivity index (χ1) is 4.93. The van der Waals surface area contributed by atoms with Crippen molar-refractivity contribution < 1.29 is 4.79 Å². The van der Waals surface area contributed by atoms with Gasteiger partial charge in [-0.3, -0.25) is 4.79 Å². The lowest BCUT2D eigenvalue weighted by molar-refractivity contribution is -0.103. The van der Waals surface area contributed by atoms with Crippen LogP contribution in [0, 0.1) is 17.8 Å². The standard InChI is InChI=1S/C8H11NO/c10-6-2-1-3-8-4-5-9-7-8/h6,8-9H,3-5,7H2. The predicted octanol–water partition coefficient (Wildman–Crippen LogP) is 0.188. The lowest BCUT2D eigenvalue weighted by atomic mass is 10.1. The zero-order valence-corrected chi connectivity index (χ0v) is 5.89. The molecule has 0 aliphatic carbocycles. The molecule has 0 spiro atoms. The lowest BCUT2D eigenvalue weighted by Gasteiger charge is -1.98. The number of carbonyl (C=O) groups excluding carboxylic acids is 1. The normalized spacial score (nSPS) is 23.4. The van der Waals surface area contributed by atoms with E-state index >= 15 is 0 Å². The van der Waals surface area contributed by atoms with Crippen LogP contribution in [0.15, 0.2) is 0 Å². The molecule has 1 saturated heterocycles. The molecule has 1 fully saturated rings. The molecule has 54 valence electrons. The molecular formula is C8H11NO. The topological polar surface area (TPSA) is 29.1 Å². The molecule has 0 aromatic carbocycles. The highest BCUT2D eigenvalue weighted by Gasteiger charge is 2.11. The van der Waals surface area contributed by atoms with Gasteiger partial charge in [0.15, 0.2) is 6.29 Å². The number of nitrogens with one attached hydrogen (secondary N) is 1. The van der Waals surface area contributed by atoms with Crippen molar-refractivity contribution in [2.24, 2.45) is 5.92 Å². The Bertz CT molecular complexity index is 160. The summed E-state index contributed by atoms with van der Waals surface area (Å²) < 4.78 is 0. The number of aldehydes is 1. The van der Waals surface area contributed by atoms with E-state index < -0.39 is 0 Å². The molecule has 0 amide bonds. The highest BCUT2D eigenvalue weighted by atomic mass is 16.1. The Hall–Kier alpha value is -0.810. The fourth-order valence-corrected chi connectivity index (χ4v) is 1.13. The molecule has 2 nitrogen and oxygen atoms in total. The Morgan fingerprint density at radius 1 is 1.70 bits per heavy atom. The third-order valence-corrected chi connectivity index (χ3v) is 1.71. The summed E-state index contributed by atoms with van der Waals surface area (Å²) in [7, 11) is 0. The summed E-state index contributed by atoms with van der Waals surface area (Å²) in [5.41, 5.74) is 0. The van der Waals surface area contributed by atoms with Gasteiger partial charge >= 0.3 is 0 Å².